The van der Waals surface area contributed by atoms with Gasteiger partial charge in [0.25, 0.3) is 5.91 Å². The third kappa shape index (κ3) is 4.48. The third-order valence-corrected chi connectivity index (χ3v) is 4.58. The third-order valence-electron chi connectivity index (χ3n) is 2.46. The Hall–Kier alpha value is -1.09. The second kappa shape index (κ2) is 7.07. The lowest BCUT2D eigenvalue weighted by Crippen LogP contribution is -2.17. The Kier molecular flexibility index (Phi) is 6.00. The van der Waals surface area contributed by atoms with Crippen molar-refractivity contribution in [2.45, 2.75) is 23.9 Å². The number of thiophene rings is 1. The lowest BCUT2D eigenvalue weighted by molar-refractivity contribution is -0.134. The van der Waals surface area contributed by atoms with Crippen molar-refractivity contribution < 1.29 is 18.0 Å². The molecule has 114 valence electrons. The largest absolute Gasteiger partial charge is 0.396 e. The topological polar surface area (TPSA) is 67.2 Å². The molecule has 0 atom stereocenters. The van der Waals surface area contributed by atoms with E-state index < -0.39 is 12.6 Å². The molecule has 0 radical (unpaired) electrons. The molecule has 0 bridgehead atoms. The molecule has 1 heterocycles. The van der Waals surface area contributed by atoms with Crippen molar-refractivity contribution in [2.24, 2.45) is 0 Å². The molecule has 0 aliphatic rings. The Labute approximate surface area is 123 Å². The molecule has 4 nitrogen and oxygen atoms in total. The lowest BCUT2D eigenvalue weighted by atomic mass is 10.3. The summed E-state index contributed by atoms with van der Waals surface area (Å²) in [7, 11) is 1.50. The predicted molar refractivity (Wildman–Crippen MR) is 77.7 cm³/mol. The van der Waals surface area contributed by atoms with Crippen LogP contribution in [0.5, 0.6) is 0 Å². The first-order valence-electron chi connectivity index (χ1n) is 5.79. The van der Waals surface area contributed by atoms with Crippen LogP contribution in [0.25, 0.3) is 0 Å². The summed E-state index contributed by atoms with van der Waals surface area (Å²) >= 11 is 2.51. The number of thioether (sulfide) groups is 1. The fraction of sp³-hybridized carbons (Fsp3) is 0.545. The van der Waals surface area contributed by atoms with Crippen molar-refractivity contribution in [3.63, 3.8) is 0 Å². The van der Waals surface area contributed by atoms with E-state index in [0.29, 0.717) is 20.5 Å². The highest BCUT2D eigenvalue weighted by Gasteiger charge is 2.26. The number of halogens is 3. The van der Waals surface area contributed by atoms with E-state index in [1.165, 1.54) is 18.8 Å². The molecule has 1 aromatic rings. The molecule has 1 rings (SSSR count). The number of anilines is 2. The number of alkyl halides is 3. The zero-order chi connectivity index (χ0) is 15.3. The van der Waals surface area contributed by atoms with E-state index in [9.17, 15) is 18.0 Å². The normalized spacial score (nSPS) is 11.4. The zero-order valence-corrected chi connectivity index (χ0v) is 12.7. The number of hydrogen-bond donors (Lipinski definition) is 3. The van der Waals surface area contributed by atoms with Crippen LogP contribution in [-0.2, 0) is 0 Å². The summed E-state index contributed by atoms with van der Waals surface area (Å²) in [6, 6.07) is 0. The van der Waals surface area contributed by atoms with Crippen molar-refractivity contribution in [3.8, 4) is 0 Å². The minimum absolute atomic E-state index is 0.0234. The minimum Gasteiger partial charge on any atom is -0.396 e. The average molecular weight is 327 g/mol. The first kappa shape index (κ1) is 17.0. The number of hydrogen-bond acceptors (Lipinski definition) is 5. The van der Waals surface area contributed by atoms with Crippen LogP contribution in [0.1, 0.15) is 22.5 Å². The number of carbonyl (C=O) groups is 1. The highest BCUT2D eigenvalue weighted by molar-refractivity contribution is 7.99. The zero-order valence-electron chi connectivity index (χ0n) is 11.1. The van der Waals surface area contributed by atoms with Gasteiger partial charge in [-0.05, 0) is 12.7 Å². The molecule has 9 heteroatoms. The molecule has 4 N–H and O–H groups in total. The van der Waals surface area contributed by atoms with E-state index in [4.69, 9.17) is 5.73 Å². The van der Waals surface area contributed by atoms with Crippen LogP contribution in [0.15, 0.2) is 4.90 Å². The molecule has 1 aromatic heterocycles. The standard InChI is InChI=1S/C11H16F3N3OS2/c1-16-9(18)7-6(15)8(19-2)10(20-7)17-5-3-4-11(12,13)14/h17H,3-5,15H2,1-2H3,(H,16,18). The molecular formula is C11H16F3N3OS2. The van der Waals surface area contributed by atoms with E-state index >= 15 is 0 Å². The van der Waals surface area contributed by atoms with Gasteiger partial charge in [-0.1, -0.05) is 0 Å². The highest BCUT2D eigenvalue weighted by atomic mass is 32.2. The van der Waals surface area contributed by atoms with E-state index in [2.05, 4.69) is 10.6 Å². The van der Waals surface area contributed by atoms with Gasteiger partial charge < -0.3 is 16.4 Å². The lowest BCUT2D eigenvalue weighted by Gasteiger charge is -2.08. The first-order chi connectivity index (χ1) is 9.30. The van der Waals surface area contributed by atoms with E-state index in [0.717, 1.165) is 11.3 Å². The molecule has 0 aliphatic heterocycles. The summed E-state index contributed by atoms with van der Waals surface area (Å²) < 4.78 is 36.1. The molecule has 0 spiro atoms. The summed E-state index contributed by atoms with van der Waals surface area (Å²) in [5.74, 6) is -0.300. The monoisotopic (exact) mass is 327 g/mol. The molecule has 20 heavy (non-hydrogen) atoms. The van der Waals surface area contributed by atoms with Gasteiger partial charge in [0, 0.05) is 20.0 Å². The van der Waals surface area contributed by atoms with Crippen molar-refractivity contribution >= 4 is 39.7 Å². The Bertz CT molecular complexity index is 474. The minimum atomic E-state index is -4.15. The van der Waals surface area contributed by atoms with Crippen LogP contribution in [-0.4, -0.2) is 31.9 Å². The van der Waals surface area contributed by atoms with Gasteiger partial charge in [-0.25, -0.2) is 0 Å². The summed E-state index contributed by atoms with van der Waals surface area (Å²) in [6.07, 6.45) is -3.21. The average Bonchev–Trinajstić information content (AvgIpc) is 2.69. The van der Waals surface area contributed by atoms with Gasteiger partial charge in [-0.3, -0.25) is 4.79 Å². The molecule has 0 fully saturated rings. The van der Waals surface area contributed by atoms with E-state index in [-0.39, 0.29) is 18.9 Å². The van der Waals surface area contributed by atoms with Crippen LogP contribution in [0, 0.1) is 0 Å². The maximum Gasteiger partial charge on any atom is 0.389 e. The van der Waals surface area contributed by atoms with Crippen molar-refractivity contribution in [3.05, 3.63) is 4.88 Å². The van der Waals surface area contributed by atoms with Crippen molar-refractivity contribution in [1.82, 2.24) is 5.32 Å². The summed E-state index contributed by atoms with van der Waals surface area (Å²) in [4.78, 5) is 12.7. The summed E-state index contributed by atoms with van der Waals surface area (Å²) in [5.41, 5.74) is 6.23. The van der Waals surface area contributed by atoms with Crippen molar-refractivity contribution in [2.75, 3.05) is 30.9 Å². The van der Waals surface area contributed by atoms with Crippen LogP contribution >= 0.6 is 23.1 Å². The van der Waals surface area contributed by atoms with E-state index in [1.54, 1.807) is 6.26 Å². The molecule has 0 aromatic carbocycles. The Morgan fingerprint density at radius 3 is 2.60 bits per heavy atom. The van der Waals surface area contributed by atoms with Crippen LogP contribution < -0.4 is 16.4 Å². The number of rotatable bonds is 6. The van der Waals surface area contributed by atoms with Crippen molar-refractivity contribution in [1.29, 1.82) is 0 Å². The second-order valence-corrected chi connectivity index (χ2v) is 5.77. The molecular weight excluding hydrogens is 311 g/mol. The number of nitrogens with one attached hydrogen (secondary N) is 2. The van der Waals surface area contributed by atoms with Gasteiger partial charge in [0.15, 0.2) is 0 Å². The van der Waals surface area contributed by atoms with E-state index in [1.807, 2.05) is 0 Å². The molecule has 0 saturated carbocycles. The van der Waals surface area contributed by atoms with Crippen LogP contribution in [0.3, 0.4) is 0 Å². The number of nitrogen functional groups attached to an aromatic ring is 1. The first-order valence-corrected chi connectivity index (χ1v) is 7.83. The molecule has 0 aliphatic carbocycles. The van der Waals surface area contributed by atoms with Gasteiger partial charge in [0.05, 0.1) is 10.6 Å². The number of nitrogens with two attached hydrogens (primary N) is 1. The van der Waals surface area contributed by atoms with Crippen LogP contribution in [0.2, 0.25) is 0 Å². The predicted octanol–water partition coefficient (Wildman–Crippen LogP) is 3.17. The summed E-state index contributed by atoms with van der Waals surface area (Å²) in [6.45, 7) is 0.181. The van der Waals surface area contributed by atoms with Gasteiger partial charge in [-0.15, -0.1) is 23.1 Å². The quantitative estimate of drug-likeness (QED) is 0.554. The number of amides is 1. The highest BCUT2D eigenvalue weighted by Crippen LogP contribution is 2.41. The fourth-order valence-electron chi connectivity index (χ4n) is 1.52. The SMILES string of the molecule is CNC(=O)c1sc(NCCCC(F)(F)F)c(SC)c1N. The van der Waals surface area contributed by atoms with Gasteiger partial charge in [-0.2, -0.15) is 13.2 Å². The summed E-state index contributed by atoms with van der Waals surface area (Å²) in [5, 5.41) is 6.03. The maximum atomic E-state index is 12.0. The number of carbonyl (C=O) groups excluding carboxylic acids is 1. The fourth-order valence-corrected chi connectivity index (χ4v) is 3.53. The Morgan fingerprint density at radius 2 is 2.10 bits per heavy atom. The van der Waals surface area contributed by atoms with Gasteiger partial charge in [0.1, 0.15) is 9.88 Å². The van der Waals surface area contributed by atoms with Gasteiger partial charge >= 0.3 is 6.18 Å². The Morgan fingerprint density at radius 1 is 1.45 bits per heavy atom. The Balaban J connectivity index is 2.72. The molecule has 0 unspecified atom stereocenters. The second-order valence-electron chi connectivity index (χ2n) is 3.93. The molecule has 1 amide bonds. The smallest absolute Gasteiger partial charge is 0.389 e. The molecule has 0 saturated heterocycles. The van der Waals surface area contributed by atoms with Crippen LogP contribution in [0.4, 0.5) is 23.9 Å². The van der Waals surface area contributed by atoms with Gasteiger partial charge in [0.2, 0.25) is 0 Å². The maximum absolute atomic E-state index is 12.0.